The highest BCUT2D eigenvalue weighted by Crippen LogP contribution is 2.23. The summed E-state index contributed by atoms with van der Waals surface area (Å²) in [5.74, 6) is 0. The van der Waals surface area contributed by atoms with Gasteiger partial charge >= 0.3 is 0 Å². The zero-order valence-corrected chi connectivity index (χ0v) is 11.8. The summed E-state index contributed by atoms with van der Waals surface area (Å²) in [6, 6.07) is 12.1. The number of halogens is 2. The van der Waals surface area contributed by atoms with Crippen molar-refractivity contribution >= 4 is 35.7 Å². The summed E-state index contributed by atoms with van der Waals surface area (Å²) in [5, 5.41) is 0. The minimum absolute atomic E-state index is 0.0988. The van der Waals surface area contributed by atoms with Crippen molar-refractivity contribution in [2.45, 2.75) is 4.90 Å². The summed E-state index contributed by atoms with van der Waals surface area (Å²) in [5.41, 5.74) is 0. The van der Waals surface area contributed by atoms with Crippen LogP contribution in [0.25, 0.3) is 0 Å². The molecule has 0 saturated heterocycles. The van der Waals surface area contributed by atoms with Crippen molar-refractivity contribution in [2.24, 2.45) is 0 Å². The maximum atomic E-state index is 10.8. The van der Waals surface area contributed by atoms with Gasteiger partial charge in [0, 0.05) is 27.5 Å². The molecule has 17 heavy (non-hydrogen) atoms. The first-order valence-electron chi connectivity index (χ1n) is 4.56. The topological polar surface area (TPSA) is 47.0 Å². The number of aromatic nitrogens is 1. The molecule has 1 heterocycles. The zero-order valence-electron chi connectivity index (χ0n) is 8.62. The molecule has 0 bridgehead atoms. The molecule has 2 aromatic rings. The van der Waals surface area contributed by atoms with E-state index in [9.17, 15) is 8.42 Å². The maximum Gasteiger partial charge on any atom is 0.262 e. The number of hydrogen-bond donors (Lipinski definition) is 0. The zero-order chi connectivity index (χ0) is 12.7. The van der Waals surface area contributed by atoms with Gasteiger partial charge in [0.1, 0.15) is 0 Å². The Balaban J connectivity index is 0.000000202. The number of benzene rings is 1. The van der Waals surface area contributed by atoms with Crippen LogP contribution in [-0.4, -0.2) is 13.4 Å². The molecule has 0 saturated carbocycles. The van der Waals surface area contributed by atoms with E-state index >= 15 is 0 Å². The fourth-order valence-corrected chi connectivity index (χ4v) is 3.10. The van der Waals surface area contributed by atoms with E-state index in [0.717, 1.165) is 0 Å². The summed E-state index contributed by atoms with van der Waals surface area (Å²) in [7, 11) is 1.50. The van der Waals surface area contributed by atoms with Crippen LogP contribution in [0.5, 0.6) is 0 Å². The molecule has 1 aromatic heterocycles. The van der Waals surface area contributed by atoms with Crippen molar-refractivity contribution < 1.29 is 8.42 Å². The Morgan fingerprint density at radius 3 is 1.88 bits per heavy atom. The van der Waals surface area contributed by atoms with Gasteiger partial charge in [-0.15, -0.1) is 0 Å². The van der Waals surface area contributed by atoms with Crippen LogP contribution in [0.1, 0.15) is 0 Å². The monoisotopic (exact) mass is 333 g/mol. The fraction of sp³-hybridized carbons (Fsp3) is 0. The van der Waals surface area contributed by atoms with E-state index in [4.69, 9.17) is 10.7 Å². The van der Waals surface area contributed by atoms with Gasteiger partial charge in [-0.25, -0.2) is 8.42 Å². The molecule has 3 nitrogen and oxygen atoms in total. The van der Waals surface area contributed by atoms with E-state index in [-0.39, 0.29) is 4.90 Å². The molecule has 0 aliphatic rings. The van der Waals surface area contributed by atoms with Gasteiger partial charge in [0.05, 0.1) is 4.90 Å². The highest BCUT2D eigenvalue weighted by molar-refractivity contribution is 9.10. The molecule has 0 atom stereocenters. The molecule has 0 aliphatic carbocycles. The smallest absolute Gasteiger partial charge is 0.262 e. The third-order valence-corrected chi connectivity index (χ3v) is 4.00. The predicted molar refractivity (Wildman–Crippen MR) is 71.4 cm³/mol. The highest BCUT2D eigenvalue weighted by Gasteiger charge is 2.12. The Bertz CT molecular complexity index is 534. The average Bonchev–Trinajstić information content (AvgIpc) is 2.31. The Labute approximate surface area is 113 Å². The van der Waals surface area contributed by atoms with Crippen LogP contribution in [0.4, 0.5) is 0 Å². The first-order chi connectivity index (χ1) is 8.02. The molecule has 1 aromatic carbocycles. The molecule has 0 spiro atoms. The van der Waals surface area contributed by atoms with Gasteiger partial charge in [-0.3, -0.25) is 4.98 Å². The second kappa shape index (κ2) is 6.74. The molecule has 90 valence electrons. The van der Waals surface area contributed by atoms with Gasteiger partial charge in [0.2, 0.25) is 0 Å². The normalized spacial score (nSPS) is 10.2. The molecule has 2 rings (SSSR count). The lowest BCUT2D eigenvalue weighted by Crippen LogP contribution is -1.90. The van der Waals surface area contributed by atoms with Crippen LogP contribution in [0.3, 0.4) is 0 Å². The molecule has 6 heteroatoms. The summed E-state index contributed by atoms with van der Waals surface area (Å²) in [6.07, 6.45) is 3.50. The Kier molecular flexibility index (Phi) is 5.61. The third-order valence-electron chi connectivity index (χ3n) is 1.67. The second-order valence-electron chi connectivity index (χ2n) is 2.89. The number of rotatable bonds is 1. The first kappa shape index (κ1) is 14.2. The van der Waals surface area contributed by atoms with Crippen LogP contribution < -0.4 is 0 Å². The standard InChI is InChI=1S/C6H4BrClO2S.C5H5N/c7-5-3-1-2-4-6(5)11(8,9)10;1-2-4-6-5-3-1/h1-4H;1-5H. The van der Waals surface area contributed by atoms with Crippen molar-refractivity contribution in [1.82, 2.24) is 4.98 Å². The number of nitrogens with zero attached hydrogens (tertiary/aromatic N) is 1. The van der Waals surface area contributed by atoms with Gasteiger partial charge < -0.3 is 0 Å². The van der Waals surface area contributed by atoms with E-state index in [0.29, 0.717) is 4.47 Å². The largest absolute Gasteiger partial charge is 0.265 e. The van der Waals surface area contributed by atoms with Crippen molar-refractivity contribution in [3.05, 3.63) is 59.3 Å². The van der Waals surface area contributed by atoms with Crippen molar-refractivity contribution in [1.29, 1.82) is 0 Å². The van der Waals surface area contributed by atoms with Crippen LogP contribution >= 0.6 is 26.6 Å². The Morgan fingerprint density at radius 1 is 1.00 bits per heavy atom. The molecule has 0 aliphatic heterocycles. The molecule has 0 unspecified atom stereocenters. The van der Waals surface area contributed by atoms with Gasteiger partial charge in [0.25, 0.3) is 9.05 Å². The summed E-state index contributed by atoms with van der Waals surface area (Å²) >= 11 is 3.07. The van der Waals surface area contributed by atoms with E-state index in [1.807, 2.05) is 18.2 Å². The summed E-state index contributed by atoms with van der Waals surface area (Å²) < 4.78 is 22.1. The molecule has 0 radical (unpaired) electrons. The first-order valence-corrected chi connectivity index (χ1v) is 7.66. The number of pyridine rings is 1. The molecular weight excluding hydrogens is 326 g/mol. The molecule has 0 N–H and O–H groups in total. The van der Waals surface area contributed by atoms with Crippen molar-refractivity contribution in [3.63, 3.8) is 0 Å². The summed E-state index contributed by atoms with van der Waals surface area (Å²) in [6.45, 7) is 0. The van der Waals surface area contributed by atoms with E-state index in [2.05, 4.69) is 20.9 Å². The third kappa shape index (κ3) is 5.30. The average molecular weight is 335 g/mol. The minimum Gasteiger partial charge on any atom is -0.265 e. The Morgan fingerprint density at radius 2 is 1.59 bits per heavy atom. The van der Waals surface area contributed by atoms with Crippen LogP contribution in [0.15, 0.2) is 64.2 Å². The van der Waals surface area contributed by atoms with Crippen LogP contribution in [0.2, 0.25) is 0 Å². The van der Waals surface area contributed by atoms with Gasteiger partial charge in [-0.1, -0.05) is 18.2 Å². The Hall–Kier alpha value is -0.910. The van der Waals surface area contributed by atoms with Gasteiger partial charge in [-0.05, 0) is 40.2 Å². The lowest BCUT2D eigenvalue weighted by molar-refractivity contribution is 0.609. The molecule has 0 amide bonds. The fourth-order valence-electron chi connectivity index (χ4n) is 0.955. The van der Waals surface area contributed by atoms with Crippen molar-refractivity contribution in [3.8, 4) is 0 Å². The van der Waals surface area contributed by atoms with E-state index < -0.39 is 9.05 Å². The maximum absolute atomic E-state index is 10.8. The number of hydrogen-bond acceptors (Lipinski definition) is 3. The highest BCUT2D eigenvalue weighted by atomic mass is 79.9. The van der Waals surface area contributed by atoms with Crippen molar-refractivity contribution in [2.75, 3.05) is 0 Å². The lowest BCUT2D eigenvalue weighted by Gasteiger charge is -1.96. The minimum atomic E-state index is -3.61. The van der Waals surface area contributed by atoms with Gasteiger partial charge in [0.15, 0.2) is 0 Å². The molecular formula is C11H9BrClNO2S. The van der Waals surface area contributed by atoms with Gasteiger partial charge in [-0.2, -0.15) is 0 Å². The lowest BCUT2D eigenvalue weighted by atomic mass is 10.4. The SMILES string of the molecule is O=S(=O)(Cl)c1ccccc1Br.c1ccncc1. The van der Waals surface area contributed by atoms with Crippen LogP contribution in [0, 0.1) is 0 Å². The quantitative estimate of drug-likeness (QED) is 0.750. The second-order valence-corrected chi connectivity index (χ2v) is 6.28. The predicted octanol–water partition coefficient (Wildman–Crippen LogP) is 3.46. The van der Waals surface area contributed by atoms with Crippen LogP contribution in [-0.2, 0) is 9.05 Å². The van der Waals surface area contributed by atoms with E-state index in [1.165, 1.54) is 6.07 Å². The molecule has 0 fully saturated rings. The van der Waals surface area contributed by atoms with E-state index in [1.54, 1.807) is 30.6 Å². The summed E-state index contributed by atoms with van der Waals surface area (Å²) in [4.78, 5) is 3.88.